The standard InChI is InChI=1S/C23H24N2O4S/c1-29-21-12-10-20(11-13-21)25-23(26)16-9-18-7-14-22(15-8-18)30(27,28)24-17-19-5-3-2-4-6-19/h2-8,10-15,24H,9,16-17H2,1H3,(H,25,26). The molecule has 0 heterocycles. The van der Waals surface area contributed by atoms with Crippen LogP contribution in [-0.4, -0.2) is 21.4 Å². The molecular weight excluding hydrogens is 400 g/mol. The molecule has 2 N–H and O–H groups in total. The first-order chi connectivity index (χ1) is 14.5. The lowest BCUT2D eigenvalue weighted by Gasteiger charge is -2.09. The van der Waals surface area contributed by atoms with Crippen molar-refractivity contribution in [3.05, 3.63) is 90.0 Å². The van der Waals surface area contributed by atoms with Crippen LogP contribution in [0.5, 0.6) is 5.75 Å². The van der Waals surface area contributed by atoms with Gasteiger partial charge in [-0.1, -0.05) is 42.5 Å². The van der Waals surface area contributed by atoms with Gasteiger partial charge in [-0.25, -0.2) is 13.1 Å². The van der Waals surface area contributed by atoms with Crippen LogP contribution in [0.1, 0.15) is 17.5 Å². The molecule has 0 saturated heterocycles. The Hall–Kier alpha value is -3.16. The SMILES string of the molecule is COc1ccc(NC(=O)CCc2ccc(S(=O)(=O)NCc3ccccc3)cc2)cc1. The minimum atomic E-state index is -3.59. The second kappa shape index (κ2) is 10.0. The van der Waals surface area contributed by atoms with Crippen molar-refractivity contribution in [2.75, 3.05) is 12.4 Å². The van der Waals surface area contributed by atoms with Gasteiger partial charge in [0.25, 0.3) is 0 Å². The van der Waals surface area contributed by atoms with E-state index in [1.165, 1.54) is 0 Å². The third-order valence-corrected chi connectivity index (χ3v) is 5.97. The Balaban J connectivity index is 1.51. The average molecular weight is 425 g/mol. The van der Waals surface area contributed by atoms with Crippen LogP contribution in [0.3, 0.4) is 0 Å². The Kier molecular flexibility index (Phi) is 7.21. The third-order valence-electron chi connectivity index (χ3n) is 4.56. The second-order valence-electron chi connectivity index (χ2n) is 6.73. The lowest BCUT2D eigenvalue weighted by atomic mass is 10.1. The number of anilines is 1. The van der Waals surface area contributed by atoms with Crippen LogP contribution in [0.15, 0.2) is 83.8 Å². The molecule has 0 aliphatic rings. The monoisotopic (exact) mass is 424 g/mol. The minimum absolute atomic E-state index is 0.110. The number of carbonyl (C=O) groups excluding carboxylic acids is 1. The molecule has 0 aliphatic carbocycles. The molecule has 30 heavy (non-hydrogen) atoms. The van der Waals surface area contributed by atoms with Crippen LogP contribution < -0.4 is 14.8 Å². The Labute approximate surface area is 177 Å². The largest absolute Gasteiger partial charge is 0.497 e. The summed E-state index contributed by atoms with van der Waals surface area (Å²) in [7, 11) is -2.01. The van der Waals surface area contributed by atoms with Gasteiger partial charge in [0.05, 0.1) is 12.0 Å². The average Bonchev–Trinajstić information content (AvgIpc) is 2.78. The summed E-state index contributed by atoms with van der Waals surface area (Å²) in [6, 6.07) is 23.0. The highest BCUT2D eigenvalue weighted by Gasteiger charge is 2.13. The van der Waals surface area contributed by atoms with Crippen molar-refractivity contribution in [2.24, 2.45) is 0 Å². The fourth-order valence-corrected chi connectivity index (χ4v) is 3.87. The van der Waals surface area contributed by atoms with E-state index in [0.29, 0.717) is 18.5 Å². The summed E-state index contributed by atoms with van der Waals surface area (Å²) >= 11 is 0. The number of sulfonamides is 1. The summed E-state index contributed by atoms with van der Waals surface area (Å²) in [5.74, 6) is 0.614. The molecule has 3 aromatic carbocycles. The topological polar surface area (TPSA) is 84.5 Å². The number of nitrogens with one attached hydrogen (secondary N) is 2. The number of amides is 1. The number of hydrogen-bond acceptors (Lipinski definition) is 4. The predicted molar refractivity (Wildman–Crippen MR) is 117 cm³/mol. The second-order valence-corrected chi connectivity index (χ2v) is 8.50. The number of hydrogen-bond donors (Lipinski definition) is 2. The van der Waals surface area contributed by atoms with Gasteiger partial charge in [0.15, 0.2) is 0 Å². The summed E-state index contributed by atoms with van der Waals surface area (Å²) in [6.45, 7) is 0.233. The van der Waals surface area contributed by atoms with E-state index in [2.05, 4.69) is 10.0 Å². The van der Waals surface area contributed by atoms with Crippen LogP contribution in [0.4, 0.5) is 5.69 Å². The fourth-order valence-electron chi connectivity index (χ4n) is 2.85. The third kappa shape index (κ3) is 6.17. The Morgan fingerprint density at radius 1 is 0.867 bits per heavy atom. The zero-order chi connectivity index (χ0) is 21.4. The van der Waals surface area contributed by atoms with E-state index in [4.69, 9.17) is 4.74 Å². The molecule has 7 heteroatoms. The summed E-state index contributed by atoms with van der Waals surface area (Å²) in [5.41, 5.74) is 2.48. The maximum atomic E-state index is 12.4. The maximum absolute atomic E-state index is 12.4. The van der Waals surface area contributed by atoms with Gasteiger partial charge in [-0.2, -0.15) is 0 Å². The molecule has 0 fully saturated rings. The van der Waals surface area contributed by atoms with E-state index in [0.717, 1.165) is 16.9 Å². The van der Waals surface area contributed by atoms with E-state index in [9.17, 15) is 13.2 Å². The van der Waals surface area contributed by atoms with Crippen molar-refractivity contribution in [1.82, 2.24) is 4.72 Å². The van der Waals surface area contributed by atoms with E-state index in [1.807, 2.05) is 30.3 Å². The van der Waals surface area contributed by atoms with Crippen LogP contribution in [-0.2, 0) is 27.8 Å². The van der Waals surface area contributed by atoms with Crippen LogP contribution >= 0.6 is 0 Å². The Bertz CT molecular complexity index is 1060. The van der Waals surface area contributed by atoms with Crippen molar-refractivity contribution >= 4 is 21.6 Å². The predicted octanol–water partition coefficient (Wildman–Crippen LogP) is 3.75. The number of methoxy groups -OCH3 is 1. The van der Waals surface area contributed by atoms with Crippen LogP contribution in [0, 0.1) is 0 Å². The molecule has 0 spiro atoms. The van der Waals surface area contributed by atoms with Gasteiger partial charge >= 0.3 is 0 Å². The van der Waals surface area contributed by atoms with E-state index in [1.54, 1.807) is 55.6 Å². The molecule has 0 saturated carbocycles. The van der Waals surface area contributed by atoms with Gasteiger partial charge < -0.3 is 10.1 Å². The lowest BCUT2D eigenvalue weighted by molar-refractivity contribution is -0.116. The lowest BCUT2D eigenvalue weighted by Crippen LogP contribution is -2.23. The van der Waals surface area contributed by atoms with Crippen LogP contribution in [0.2, 0.25) is 0 Å². The molecule has 0 aromatic heterocycles. The number of aryl methyl sites for hydroxylation is 1. The molecule has 3 aromatic rings. The fraction of sp³-hybridized carbons (Fsp3) is 0.174. The van der Waals surface area contributed by atoms with Gasteiger partial charge in [-0.05, 0) is 53.9 Å². The van der Waals surface area contributed by atoms with E-state index >= 15 is 0 Å². The molecule has 0 aliphatic heterocycles. The minimum Gasteiger partial charge on any atom is -0.497 e. The molecule has 6 nitrogen and oxygen atoms in total. The van der Waals surface area contributed by atoms with E-state index in [-0.39, 0.29) is 17.3 Å². The van der Waals surface area contributed by atoms with Gasteiger partial charge in [-0.15, -0.1) is 0 Å². The van der Waals surface area contributed by atoms with Crippen molar-refractivity contribution < 1.29 is 17.9 Å². The zero-order valence-corrected chi connectivity index (χ0v) is 17.5. The van der Waals surface area contributed by atoms with Gasteiger partial charge in [-0.3, -0.25) is 4.79 Å². The quantitative estimate of drug-likeness (QED) is 0.548. The Morgan fingerprint density at radius 3 is 2.17 bits per heavy atom. The molecule has 0 radical (unpaired) electrons. The number of carbonyl (C=O) groups is 1. The van der Waals surface area contributed by atoms with Gasteiger partial charge in [0, 0.05) is 18.7 Å². The molecule has 0 unspecified atom stereocenters. The van der Waals surface area contributed by atoms with Crippen molar-refractivity contribution in [3.63, 3.8) is 0 Å². The molecular formula is C23H24N2O4S. The molecule has 0 bridgehead atoms. The van der Waals surface area contributed by atoms with Gasteiger partial charge in [0.2, 0.25) is 15.9 Å². The summed E-state index contributed by atoms with van der Waals surface area (Å²) in [4.78, 5) is 12.3. The van der Waals surface area contributed by atoms with Crippen molar-refractivity contribution in [2.45, 2.75) is 24.3 Å². The Morgan fingerprint density at radius 2 is 1.53 bits per heavy atom. The van der Waals surface area contributed by atoms with Crippen LogP contribution in [0.25, 0.3) is 0 Å². The van der Waals surface area contributed by atoms with Crippen molar-refractivity contribution in [3.8, 4) is 5.75 Å². The van der Waals surface area contributed by atoms with E-state index < -0.39 is 10.0 Å². The molecule has 156 valence electrons. The number of benzene rings is 3. The summed E-state index contributed by atoms with van der Waals surface area (Å²) in [6.07, 6.45) is 0.810. The highest BCUT2D eigenvalue weighted by molar-refractivity contribution is 7.89. The van der Waals surface area contributed by atoms with Gasteiger partial charge in [0.1, 0.15) is 5.75 Å². The summed E-state index contributed by atoms with van der Waals surface area (Å²) < 4.78 is 32.6. The highest BCUT2D eigenvalue weighted by Crippen LogP contribution is 2.16. The molecule has 1 amide bonds. The normalized spacial score (nSPS) is 11.1. The molecule has 0 atom stereocenters. The first kappa shape index (κ1) is 21.5. The number of rotatable bonds is 9. The summed E-state index contributed by atoms with van der Waals surface area (Å²) in [5, 5.41) is 2.83. The van der Waals surface area contributed by atoms with Crippen molar-refractivity contribution in [1.29, 1.82) is 0 Å². The smallest absolute Gasteiger partial charge is 0.240 e. The molecule has 3 rings (SSSR count). The first-order valence-corrected chi connectivity index (χ1v) is 11.0. The zero-order valence-electron chi connectivity index (χ0n) is 16.7. The maximum Gasteiger partial charge on any atom is 0.240 e. The number of ether oxygens (including phenoxy) is 1. The highest BCUT2D eigenvalue weighted by atomic mass is 32.2. The first-order valence-electron chi connectivity index (χ1n) is 9.53.